The minimum absolute atomic E-state index is 0.613. The van der Waals surface area contributed by atoms with E-state index in [0.29, 0.717) is 10.9 Å². The highest BCUT2D eigenvalue weighted by Crippen LogP contribution is 2.27. The SMILES string of the molecule is COc1ccc(CN2CCC(C)C(CN)C2)cc1Cl. The van der Waals surface area contributed by atoms with E-state index in [1.54, 1.807) is 7.11 Å². The van der Waals surface area contributed by atoms with Crippen LogP contribution in [0.1, 0.15) is 18.9 Å². The lowest BCUT2D eigenvalue weighted by molar-refractivity contribution is 0.126. The van der Waals surface area contributed by atoms with E-state index in [-0.39, 0.29) is 0 Å². The van der Waals surface area contributed by atoms with Crippen LogP contribution in [0.25, 0.3) is 0 Å². The Morgan fingerprint density at radius 2 is 2.26 bits per heavy atom. The Labute approximate surface area is 120 Å². The number of hydrogen-bond acceptors (Lipinski definition) is 3. The Balaban J connectivity index is 1.99. The second kappa shape index (κ2) is 6.60. The molecule has 2 atom stereocenters. The van der Waals surface area contributed by atoms with Crippen LogP contribution in [0.3, 0.4) is 0 Å². The molecule has 2 N–H and O–H groups in total. The third-order valence-electron chi connectivity index (χ3n) is 4.12. The van der Waals surface area contributed by atoms with Gasteiger partial charge in [-0.15, -0.1) is 0 Å². The minimum Gasteiger partial charge on any atom is -0.495 e. The van der Waals surface area contributed by atoms with Crippen molar-refractivity contribution in [3.8, 4) is 5.75 Å². The normalized spacial score (nSPS) is 24.4. The number of likely N-dealkylation sites (tertiary alicyclic amines) is 1. The van der Waals surface area contributed by atoms with Gasteiger partial charge in [0.05, 0.1) is 12.1 Å². The molecule has 1 saturated heterocycles. The topological polar surface area (TPSA) is 38.5 Å². The number of nitrogens with zero attached hydrogens (tertiary/aromatic N) is 1. The number of ether oxygens (including phenoxy) is 1. The van der Waals surface area contributed by atoms with Crippen LogP contribution in [-0.4, -0.2) is 31.6 Å². The lowest BCUT2D eigenvalue weighted by Gasteiger charge is -2.36. The van der Waals surface area contributed by atoms with Crippen LogP contribution >= 0.6 is 11.6 Å². The maximum absolute atomic E-state index is 6.16. The van der Waals surface area contributed by atoms with E-state index >= 15 is 0 Å². The molecule has 0 amide bonds. The minimum atomic E-state index is 0.613. The van der Waals surface area contributed by atoms with Crippen molar-refractivity contribution in [3.63, 3.8) is 0 Å². The van der Waals surface area contributed by atoms with Gasteiger partial charge in [-0.3, -0.25) is 4.90 Å². The zero-order chi connectivity index (χ0) is 13.8. The second-order valence-electron chi connectivity index (χ2n) is 5.47. The van der Waals surface area contributed by atoms with Crippen LogP contribution in [0.15, 0.2) is 18.2 Å². The summed E-state index contributed by atoms with van der Waals surface area (Å²) in [5, 5.41) is 0.681. The van der Waals surface area contributed by atoms with E-state index in [1.165, 1.54) is 12.0 Å². The first-order chi connectivity index (χ1) is 9.13. The molecule has 2 rings (SSSR count). The van der Waals surface area contributed by atoms with Gasteiger partial charge in [0, 0.05) is 13.1 Å². The number of hydrogen-bond donors (Lipinski definition) is 1. The van der Waals surface area contributed by atoms with E-state index in [1.807, 2.05) is 12.1 Å². The van der Waals surface area contributed by atoms with Crippen LogP contribution in [-0.2, 0) is 6.54 Å². The fourth-order valence-electron chi connectivity index (χ4n) is 2.74. The quantitative estimate of drug-likeness (QED) is 0.923. The summed E-state index contributed by atoms with van der Waals surface area (Å²) in [7, 11) is 1.64. The Morgan fingerprint density at radius 1 is 1.47 bits per heavy atom. The standard InChI is InChI=1S/C15H23ClN2O/c1-11-5-6-18(10-13(11)8-17)9-12-3-4-15(19-2)14(16)7-12/h3-4,7,11,13H,5-6,8-10,17H2,1-2H3. The lowest BCUT2D eigenvalue weighted by Crippen LogP contribution is -2.42. The second-order valence-corrected chi connectivity index (χ2v) is 5.87. The molecule has 19 heavy (non-hydrogen) atoms. The Morgan fingerprint density at radius 3 is 2.89 bits per heavy atom. The van der Waals surface area contributed by atoms with E-state index in [2.05, 4.69) is 17.9 Å². The summed E-state index contributed by atoms with van der Waals surface area (Å²) in [6.45, 7) is 6.25. The fourth-order valence-corrected chi connectivity index (χ4v) is 3.02. The van der Waals surface area contributed by atoms with Gasteiger partial charge in [-0.1, -0.05) is 24.6 Å². The molecule has 2 unspecified atom stereocenters. The first-order valence-corrected chi connectivity index (χ1v) is 7.26. The summed E-state index contributed by atoms with van der Waals surface area (Å²) in [6, 6.07) is 6.01. The van der Waals surface area contributed by atoms with Crippen LogP contribution in [0.5, 0.6) is 5.75 Å². The largest absolute Gasteiger partial charge is 0.495 e. The Hall–Kier alpha value is -0.770. The molecular weight excluding hydrogens is 260 g/mol. The monoisotopic (exact) mass is 282 g/mol. The molecule has 1 fully saturated rings. The van der Waals surface area contributed by atoms with Crippen molar-refractivity contribution in [1.29, 1.82) is 0 Å². The van der Waals surface area contributed by atoms with Gasteiger partial charge < -0.3 is 10.5 Å². The molecule has 3 nitrogen and oxygen atoms in total. The van der Waals surface area contributed by atoms with E-state index in [0.717, 1.165) is 37.8 Å². The summed E-state index contributed by atoms with van der Waals surface area (Å²) >= 11 is 6.16. The number of nitrogens with two attached hydrogens (primary N) is 1. The predicted octanol–water partition coefficient (Wildman–Crippen LogP) is 2.77. The van der Waals surface area contributed by atoms with Gasteiger partial charge in [0.2, 0.25) is 0 Å². The van der Waals surface area contributed by atoms with Crippen molar-refractivity contribution < 1.29 is 4.74 Å². The molecule has 1 aromatic carbocycles. The highest BCUT2D eigenvalue weighted by atomic mass is 35.5. The molecule has 1 heterocycles. The third-order valence-corrected chi connectivity index (χ3v) is 4.42. The van der Waals surface area contributed by atoms with E-state index < -0.39 is 0 Å². The van der Waals surface area contributed by atoms with Crippen molar-refractivity contribution in [2.75, 3.05) is 26.7 Å². The molecule has 0 aliphatic carbocycles. The van der Waals surface area contributed by atoms with Crippen LogP contribution in [0, 0.1) is 11.8 Å². The zero-order valence-electron chi connectivity index (χ0n) is 11.7. The molecule has 106 valence electrons. The first kappa shape index (κ1) is 14.6. The predicted molar refractivity (Wildman–Crippen MR) is 79.6 cm³/mol. The highest BCUT2D eigenvalue weighted by Gasteiger charge is 2.24. The van der Waals surface area contributed by atoms with Gasteiger partial charge >= 0.3 is 0 Å². The van der Waals surface area contributed by atoms with Gasteiger partial charge in [-0.2, -0.15) is 0 Å². The number of rotatable bonds is 4. The van der Waals surface area contributed by atoms with E-state index in [4.69, 9.17) is 22.1 Å². The molecule has 0 radical (unpaired) electrons. The summed E-state index contributed by atoms with van der Waals surface area (Å²) in [4.78, 5) is 2.47. The molecule has 0 saturated carbocycles. The van der Waals surface area contributed by atoms with Crippen molar-refractivity contribution in [3.05, 3.63) is 28.8 Å². The smallest absolute Gasteiger partial charge is 0.137 e. The Bertz CT molecular complexity index is 425. The fraction of sp³-hybridized carbons (Fsp3) is 0.600. The molecule has 0 bridgehead atoms. The van der Waals surface area contributed by atoms with Crippen LogP contribution in [0.2, 0.25) is 5.02 Å². The number of piperidine rings is 1. The van der Waals surface area contributed by atoms with Gasteiger partial charge in [-0.05, 0) is 49.0 Å². The molecule has 1 aliphatic rings. The van der Waals surface area contributed by atoms with E-state index in [9.17, 15) is 0 Å². The number of methoxy groups -OCH3 is 1. The zero-order valence-corrected chi connectivity index (χ0v) is 12.5. The maximum atomic E-state index is 6.16. The molecule has 1 aliphatic heterocycles. The third kappa shape index (κ3) is 3.62. The van der Waals surface area contributed by atoms with Gasteiger partial charge in [0.1, 0.15) is 5.75 Å². The molecular formula is C15H23ClN2O. The molecule has 0 spiro atoms. The van der Waals surface area contributed by atoms with Crippen molar-refractivity contribution in [2.24, 2.45) is 17.6 Å². The van der Waals surface area contributed by atoms with Gasteiger partial charge in [0.25, 0.3) is 0 Å². The number of halogens is 1. The van der Waals surface area contributed by atoms with Gasteiger partial charge in [0.15, 0.2) is 0 Å². The average Bonchev–Trinajstić information content (AvgIpc) is 2.41. The van der Waals surface area contributed by atoms with Crippen molar-refractivity contribution in [2.45, 2.75) is 19.9 Å². The Kier molecular flexibility index (Phi) is 5.08. The number of benzene rings is 1. The summed E-state index contributed by atoms with van der Waals surface area (Å²) in [5.74, 6) is 2.08. The van der Waals surface area contributed by atoms with Crippen LogP contribution in [0.4, 0.5) is 0 Å². The first-order valence-electron chi connectivity index (χ1n) is 6.89. The highest BCUT2D eigenvalue weighted by molar-refractivity contribution is 6.32. The summed E-state index contributed by atoms with van der Waals surface area (Å²) in [6.07, 6.45) is 1.23. The lowest BCUT2D eigenvalue weighted by atomic mass is 9.87. The van der Waals surface area contributed by atoms with Gasteiger partial charge in [-0.25, -0.2) is 0 Å². The molecule has 4 heteroatoms. The molecule has 0 aromatic heterocycles. The summed E-state index contributed by atoms with van der Waals surface area (Å²) < 4.78 is 5.18. The summed E-state index contributed by atoms with van der Waals surface area (Å²) in [5.41, 5.74) is 7.08. The van der Waals surface area contributed by atoms with Crippen LogP contribution < -0.4 is 10.5 Å². The van der Waals surface area contributed by atoms with Crippen molar-refractivity contribution in [1.82, 2.24) is 4.90 Å². The average molecular weight is 283 g/mol. The maximum Gasteiger partial charge on any atom is 0.137 e. The van der Waals surface area contributed by atoms with Crippen molar-refractivity contribution >= 4 is 11.6 Å². The molecule has 1 aromatic rings.